The lowest BCUT2D eigenvalue weighted by molar-refractivity contribution is 0.102. The summed E-state index contributed by atoms with van der Waals surface area (Å²) in [4.78, 5) is 18.3. The van der Waals surface area contributed by atoms with Crippen molar-refractivity contribution in [2.24, 2.45) is 0 Å². The second kappa shape index (κ2) is 7.61. The molecule has 2 aromatic heterocycles. The van der Waals surface area contributed by atoms with Crippen LogP contribution in [0.2, 0.25) is 0 Å². The Kier molecular flexibility index (Phi) is 4.89. The lowest BCUT2D eigenvalue weighted by Gasteiger charge is -2.11. The molecule has 0 bridgehead atoms. The van der Waals surface area contributed by atoms with Gasteiger partial charge in [-0.1, -0.05) is 33.6 Å². The van der Waals surface area contributed by atoms with Gasteiger partial charge < -0.3 is 5.32 Å². The van der Waals surface area contributed by atoms with Gasteiger partial charge in [-0.3, -0.25) is 4.79 Å². The molecule has 1 fully saturated rings. The maximum absolute atomic E-state index is 13.4. The van der Waals surface area contributed by atoms with Crippen LogP contribution < -0.4 is 5.32 Å². The number of fused-ring (bicyclic) bond motifs is 1. The molecular weight excluding hydrogens is 452 g/mol. The molecule has 0 aliphatic heterocycles. The van der Waals surface area contributed by atoms with Gasteiger partial charge in [0.1, 0.15) is 0 Å². The highest BCUT2D eigenvalue weighted by Gasteiger charge is 2.29. The first-order valence-corrected chi connectivity index (χ1v) is 11.2. The van der Waals surface area contributed by atoms with Crippen LogP contribution in [0.1, 0.15) is 51.6 Å². The summed E-state index contributed by atoms with van der Waals surface area (Å²) in [6.07, 6.45) is 2.23. The number of aromatic nitrogens is 3. The monoisotopic (exact) mass is 474 g/mol. The fourth-order valence-electron chi connectivity index (χ4n) is 3.86. The summed E-state index contributed by atoms with van der Waals surface area (Å²) >= 11 is 3.51. The van der Waals surface area contributed by atoms with Crippen molar-refractivity contribution < 1.29 is 4.79 Å². The summed E-state index contributed by atoms with van der Waals surface area (Å²) in [7, 11) is 0. The van der Waals surface area contributed by atoms with Crippen LogP contribution in [0.3, 0.4) is 0 Å². The normalized spacial score (nSPS) is 13.5. The van der Waals surface area contributed by atoms with Gasteiger partial charge in [-0.25, -0.2) is 9.67 Å². The van der Waals surface area contributed by atoms with Crippen LogP contribution in [0.4, 0.5) is 5.69 Å². The second-order valence-electron chi connectivity index (χ2n) is 8.32. The first-order chi connectivity index (χ1) is 14.9. The summed E-state index contributed by atoms with van der Waals surface area (Å²) in [5.41, 5.74) is 7.10. The third-order valence-corrected chi connectivity index (χ3v) is 6.66. The van der Waals surface area contributed by atoms with E-state index >= 15 is 0 Å². The third-order valence-electron chi connectivity index (χ3n) is 5.77. The number of hydrogen-bond donors (Lipinski definition) is 1. The number of carbonyl (C=O) groups is 1. The summed E-state index contributed by atoms with van der Waals surface area (Å²) < 4.78 is 2.87. The molecule has 0 atom stereocenters. The fourth-order valence-corrected chi connectivity index (χ4v) is 4.11. The standard InChI is InChI=1S/C25H23BrN4O/c1-14-4-9-19(10-5-14)30-24-23(16(3)29-30)20(13-22(28-24)17-6-7-17)25(31)27-18-8-11-21(26)15(2)12-18/h4-5,8-13,17H,6-7H2,1-3H3,(H,27,31). The number of rotatable bonds is 4. The van der Waals surface area contributed by atoms with Gasteiger partial charge in [-0.2, -0.15) is 5.10 Å². The van der Waals surface area contributed by atoms with Crippen LogP contribution in [-0.2, 0) is 0 Å². The minimum Gasteiger partial charge on any atom is -0.322 e. The molecule has 1 aliphatic carbocycles. The largest absolute Gasteiger partial charge is 0.322 e. The highest BCUT2D eigenvalue weighted by Crippen LogP contribution is 2.41. The van der Waals surface area contributed by atoms with Crippen LogP contribution in [-0.4, -0.2) is 20.7 Å². The number of halogens is 1. The van der Waals surface area contributed by atoms with E-state index < -0.39 is 0 Å². The van der Waals surface area contributed by atoms with Gasteiger partial charge in [0.05, 0.1) is 22.3 Å². The predicted molar refractivity (Wildman–Crippen MR) is 127 cm³/mol. The average Bonchev–Trinajstić information content (AvgIpc) is 3.55. The minimum absolute atomic E-state index is 0.137. The van der Waals surface area contributed by atoms with Gasteiger partial charge in [0.2, 0.25) is 0 Å². The van der Waals surface area contributed by atoms with Crippen LogP contribution >= 0.6 is 15.9 Å². The number of carbonyl (C=O) groups excluding carboxylic acids is 1. The van der Waals surface area contributed by atoms with Crippen LogP contribution in [0.15, 0.2) is 53.0 Å². The Morgan fingerprint density at radius 2 is 1.81 bits per heavy atom. The summed E-state index contributed by atoms with van der Waals surface area (Å²) in [6, 6.07) is 16.0. The molecule has 5 rings (SSSR count). The van der Waals surface area contributed by atoms with E-state index in [9.17, 15) is 4.79 Å². The lowest BCUT2D eigenvalue weighted by atomic mass is 10.1. The van der Waals surface area contributed by atoms with E-state index in [1.54, 1.807) is 0 Å². The van der Waals surface area contributed by atoms with Gasteiger partial charge >= 0.3 is 0 Å². The minimum atomic E-state index is -0.137. The van der Waals surface area contributed by atoms with Crippen molar-refractivity contribution in [3.63, 3.8) is 0 Å². The van der Waals surface area contributed by atoms with Crippen LogP contribution in [0, 0.1) is 20.8 Å². The zero-order chi connectivity index (χ0) is 21.7. The van der Waals surface area contributed by atoms with E-state index in [1.807, 2.05) is 54.9 Å². The van der Waals surface area contributed by atoms with Crippen LogP contribution in [0.25, 0.3) is 16.7 Å². The van der Waals surface area contributed by atoms with Gasteiger partial charge in [-0.05, 0) is 75.6 Å². The first-order valence-electron chi connectivity index (χ1n) is 10.5. The number of nitrogens with zero attached hydrogens (tertiary/aromatic N) is 3. The molecule has 0 unspecified atom stereocenters. The highest BCUT2D eigenvalue weighted by molar-refractivity contribution is 9.10. The molecule has 4 aromatic rings. The van der Waals surface area contributed by atoms with E-state index in [4.69, 9.17) is 10.1 Å². The second-order valence-corrected chi connectivity index (χ2v) is 9.17. The summed E-state index contributed by atoms with van der Waals surface area (Å²) in [5, 5.41) is 8.62. The van der Waals surface area contributed by atoms with E-state index in [1.165, 1.54) is 5.56 Å². The Morgan fingerprint density at radius 3 is 2.48 bits per heavy atom. The molecule has 2 heterocycles. The molecule has 0 spiro atoms. The molecule has 1 aliphatic rings. The zero-order valence-corrected chi connectivity index (χ0v) is 19.3. The maximum Gasteiger partial charge on any atom is 0.256 e. The Bertz CT molecular complexity index is 1320. The number of benzene rings is 2. The smallest absolute Gasteiger partial charge is 0.256 e. The topological polar surface area (TPSA) is 59.8 Å². The number of pyridine rings is 1. The van der Waals surface area contributed by atoms with E-state index in [-0.39, 0.29) is 5.91 Å². The third kappa shape index (κ3) is 3.76. The van der Waals surface area contributed by atoms with E-state index in [0.717, 1.165) is 56.7 Å². The SMILES string of the molecule is Cc1ccc(-n2nc(C)c3c(C(=O)Nc4ccc(Br)c(C)c4)cc(C4CC4)nc32)cc1. The molecular formula is C25H23BrN4O. The fraction of sp³-hybridized carbons (Fsp3) is 0.240. The van der Waals surface area contributed by atoms with Crippen molar-refractivity contribution >= 4 is 38.6 Å². The molecule has 0 saturated heterocycles. The van der Waals surface area contributed by atoms with Crippen molar-refractivity contribution in [2.75, 3.05) is 5.32 Å². The first kappa shape index (κ1) is 19.9. The lowest BCUT2D eigenvalue weighted by Crippen LogP contribution is -2.14. The molecule has 6 heteroatoms. The van der Waals surface area contributed by atoms with Gasteiger partial charge in [0.15, 0.2) is 5.65 Å². The molecule has 1 saturated carbocycles. The number of hydrogen-bond acceptors (Lipinski definition) is 3. The van der Waals surface area contributed by atoms with Crippen molar-refractivity contribution in [3.8, 4) is 5.69 Å². The Morgan fingerprint density at radius 1 is 1.06 bits per heavy atom. The predicted octanol–water partition coefficient (Wildman–Crippen LogP) is 6.24. The number of nitrogens with one attached hydrogen (secondary N) is 1. The Labute approximate surface area is 189 Å². The van der Waals surface area contributed by atoms with E-state index in [0.29, 0.717) is 11.5 Å². The van der Waals surface area contributed by atoms with Gasteiger partial charge in [0.25, 0.3) is 5.91 Å². The van der Waals surface area contributed by atoms with Crippen LogP contribution in [0.5, 0.6) is 0 Å². The van der Waals surface area contributed by atoms with Crippen molar-refractivity contribution in [1.82, 2.24) is 14.8 Å². The number of aryl methyl sites for hydroxylation is 3. The Hall–Kier alpha value is -2.99. The molecule has 31 heavy (non-hydrogen) atoms. The van der Waals surface area contributed by atoms with Gasteiger partial charge in [0, 0.05) is 21.8 Å². The summed E-state index contributed by atoms with van der Waals surface area (Å²) in [6.45, 7) is 6.00. The average molecular weight is 475 g/mol. The molecule has 0 radical (unpaired) electrons. The summed E-state index contributed by atoms with van der Waals surface area (Å²) in [5.74, 6) is 0.287. The zero-order valence-electron chi connectivity index (χ0n) is 17.7. The van der Waals surface area contributed by atoms with Crippen molar-refractivity contribution in [2.45, 2.75) is 39.5 Å². The van der Waals surface area contributed by atoms with Crippen molar-refractivity contribution in [1.29, 1.82) is 0 Å². The van der Waals surface area contributed by atoms with Crippen molar-refractivity contribution in [3.05, 3.63) is 81.1 Å². The number of amides is 1. The molecule has 1 N–H and O–H groups in total. The van der Waals surface area contributed by atoms with Gasteiger partial charge in [-0.15, -0.1) is 0 Å². The molecule has 1 amide bonds. The maximum atomic E-state index is 13.4. The quantitative estimate of drug-likeness (QED) is 0.380. The Balaban J connectivity index is 1.64. The van der Waals surface area contributed by atoms with E-state index in [2.05, 4.69) is 40.3 Å². The molecule has 5 nitrogen and oxygen atoms in total. The highest BCUT2D eigenvalue weighted by atomic mass is 79.9. The molecule has 2 aromatic carbocycles. The molecule has 156 valence electrons. The number of anilines is 1.